The Hall–Kier alpha value is -2.49. The van der Waals surface area contributed by atoms with Crippen LogP contribution in [0.2, 0.25) is 0 Å². The van der Waals surface area contributed by atoms with Gasteiger partial charge in [0.25, 0.3) is 0 Å². The van der Waals surface area contributed by atoms with Crippen LogP contribution in [-0.2, 0) is 0 Å². The van der Waals surface area contributed by atoms with Crippen LogP contribution in [0.15, 0.2) is 61.1 Å². The maximum Gasteiger partial charge on any atom is 0.213 e. The molecule has 0 fully saturated rings. The molecule has 0 saturated carbocycles. The molecule has 2 nitrogen and oxygen atoms in total. The molecule has 0 N–H and O–H groups in total. The molecule has 0 amide bonds. The Morgan fingerprint density at radius 3 is 2.42 bits per heavy atom. The third kappa shape index (κ3) is 2.38. The second-order valence-electron chi connectivity index (χ2n) is 4.15. The minimum Gasteiger partial charge on any atom is -0.323 e. The summed E-state index contributed by atoms with van der Waals surface area (Å²) in [6.45, 7) is 0. The fraction of sp³-hybridized carbons (Fsp3) is 0. The zero-order valence-electron chi connectivity index (χ0n) is 9.92. The molecule has 19 heavy (non-hydrogen) atoms. The van der Waals surface area contributed by atoms with E-state index in [0.29, 0.717) is 0 Å². The molecule has 0 spiro atoms. The first kappa shape index (κ1) is 11.6. The van der Waals surface area contributed by atoms with Crippen LogP contribution in [0.1, 0.15) is 0 Å². The first-order valence-corrected chi connectivity index (χ1v) is 5.78. The molecule has 0 unspecified atom stereocenters. The molecular weight excluding hydrogens is 246 g/mol. The second kappa shape index (κ2) is 4.65. The largest absolute Gasteiger partial charge is 0.323 e. The Balaban J connectivity index is 1.97. The van der Waals surface area contributed by atoms with Crippen molar-refractivity contribution in [3.05, 3.63) is 72.8 Å². The zero-order valence-corrected chi connectivity index (χ0v) is 9.92. The normalized spacial score (nSPS) is 10.6. The molecule has 2 heterocycles. The van der Waals surface area contributed by atoms with E-state index < -0.39 is 5.95 Å². The summed E-state index contributed by atoms with van der Waals surface area (Å²) in [5.41, 5.74) is 2.49. The molecule has 0 radical (unpaired) electrons. The topological polar surface area (TPSA) is 17.8 Å². The van der Waals surface area contributed by atoms with Gasteiger partial charge in [0.1, 0.15) is 5.82 Å². The first-order valence-electron chi connectivity index (χ1n) is 5.78. The number of pyridine rings is 1. The van der Waals surface area contributed by atoms with Crippen LogP contribution < -0.4 is 0 Å². The average molecular weight is 256 g/mol. The molecule has 0 saturated heterocycles. The maximum absolute atomic E-state index is 13.1. The fourth-order valence-corrected chi connectivity index (χ4v) is 1.92. The van der Waals surface area contributed by atoms with Crippen molar-refractivity contribution in [1.29, 1.82) is 0 Å². The highest BCUT2D eigenvalue weighted by molar-refractivity contribution is 5.63. The minimum atomic E-state index is -0.507. The van der Waals surface area contributed by atoms with Gasteiger partial charge in [0, 0.05) is 30.3 Å². The van der Waals surface area contributed by atoms with Crippen molar-refractivity contribution in [3.8, 4) is 16.8 Å². The van der Waals surface area contributed by atoms with Gasteiger partial charge in [0.15, 0.2) is 0 Å². The third-order valence-corrected chi connectivity index (χ3v) is 2.88. The monoisotopic (exact) mass is 256 g/mol. The Kier molecular flexibility index (Phi) is 2.83. The average Bonchev–Trinajstić information content (AvgIpc) is 2.89. The molecular formula is C15H10F2N2. The number of nitrogens with zero attached hydrogens (tertiary/aromatic N) is 2. The highest BCUT2D eigenvalue weighted by Crippen LogP contribution is 2.21. The van der Waals surface area contributed by atoms with Crippen molar-refractivity contribution >= 4 is 0 Å². The van der Waals surface area contributed by atoms with Gasteiger partial charge in [-0.25, -0.2) is 9.37 Å². The van der Waals surface area contributed by atoms with Gasteiger partial charge >= 0.3 is 0 Å². The van der Waals surface area contributed by atoms with Gasteiger partial charge < -0.3 is 4.57 Å². The summed E-state index contributed by atoms with van der Waals surface area (Å²) in [7, 11) is 0. The third-order valence-electron chi connectivity index (χ3n) is 2.88. The van der Waals surface area contributed by atoms with Crippen molar-refractivity contribution in [1.82, 2.24) is 9.55 Å². The summed E-state index contributed by atoms with van der Waals surface area (Å²) in [4.78, 5) is 3.52. The molecule has 4 heteroatoms. The molecule has 94 valence electrons. The summed E-state index contributed by atoms with van der Waals surface area (Å²) in [5, 5.41) is 0. The zero-order chi connectivity index (χ0) is 13.2. The van der Waals surface area contributed by atoms with E-state index in [4.69, 9.17) is 0 Å². The smallest absolute Gasteiger partial charge is 0.213 e. The first-order chi connectivity index (χ1) is 9.22. The van der Waals surface area contributed by atoms with Gasteiger partial charge in [-0.15, -0.1) is 0 Å². The van der Waals surface area contributed by atoms with Gasteiger partial charge in [0.2, 0.25) is 5.95 Å². The Morgan fingerprint density at radius 2 is 1.68 bits per heavy atom. The van der Waals surface area contributed by atoms with Crippen LogP contribution in [-0.4, -0.2) is 9.55 Å². The van der Waals surface area contributed by atoms with E-state index in [1.807, 2.05) is 23.0 Å². The van der Waals surface area contributed by atoms with Gasteiger partial charge in [-0.3, -0.25) is 0 Å². The van der Waals surface area contributed by atoms with E-state index in [0.717, 1.165) is 16.8 Å². The molecule has 1 aromatic carbocycles. The van der Waals surface area contributed by atoms with Crippen LogP contribution in [0.3, 0.4) is 0 Å². The highest BCUT2D eigenvalue weighted by atomic mass is 19.1. The lowest BCUT2D eigenvalue weighted by atomic mass is 10.1. The van der Waals surface area contributed by atoms with Gasteiger partial charge in [0.05, 0.1) is 0 Å². The Bertz CT molecular complexity index is 702. The fourth-order valence-electron chi connectivity index (χ4n) is 1.92. The Morgan fingerprint density at radius 1 is 0.895 bits per heavy atom. The summed E-state index contributed by atoms with van der Waals surface area (Å²) < 4.78 is 27.8. The lowest BCUT2D eigenvalue weighted by molar-refractivity contribution is 0.584. The van der Waals surface area contributed by atoms with E-state index in [-0.39, 0.29) is 5.82 Å². The lowest BCUT2D eigenvalue weighted by Gasteiger charge is -2.02. The highest BCUT2D eigenvalue weighted by Gasteiger charge is 2.03. The Labute approximate surface area is 109 Å². The number of benzene rings is 1. The van der Waals surface area contributed by atoms with Crippen LogP contribution in [0.4, 0.5) is 8.78 Å². The quantitative estimate of drug-likeness (QED) is 0.637. The van der Waals surface area contributed by atoms with E-state index in [2.05, 4.69) is 4.98 Å². The van der Waals surface area contributed by atoms with E-state index in [1.54, 1.807) is 18.2 Å². The molecule has 0 aliphatic carbocycles. The van der Waals surface area contributed by atoms with Crippen LogP contribution in [0.5, 0.6) is 0 Å². The summed E-state index contributed by atoms with van der Waals surface area (Å²) in [6.07, 6.45) is 5.14. The molecule has 0 bridgehead atoms. The SMILES string of the molecule is Fc1ccc(-n2ccc(-c3ccnc(F)c3)c2)cc1. The van der Waals surface area contributed by atoms with E-state index in [1.165, 1.54) is 24.4 Å². The standard InChI is InChI=1S/C15H10F2N2/c16-13-1-3-14(4-2-13)19-8-6-12(10-19)11-5-7-18-15(17)9-11/h1-10H. The van der Waals surface area contributed by atoms with Gasteiger partial charge in [-0.1, -0.05) is 0 Å². The van der Waals surface area contributed by atoms with Crippen LogP contribution in [0.25, 0.3) is 16.8 Å². The number of aromatic nitrogens is 2. The number of hydrogen-bond donors (Lipinski definition) is 0. The van der Waals surface area contributed by atoms with Crippen molar-refractivity contribution in [2.45, 2.75) is 0 Å². The summed E-state index contributed by atoms with van der Waals surface area (Å²) in [6, 6.07) is 11.2. The summed E-state index contributed by atoms with van der Waals surface area (Å²) >= 11 is 0. The minimum absolute atomic E-state index is 0.271. The molecule has 0 atom stereocenters. The second-order valence-corrected chi connectivity index (χ2v) is 4.15. The predicted molar refractivity (Wildman–Crippen MR) is 68.9 cm³/mol. The molecule has 0 aliphatic heterocycles. The molecule has 2 aromatic heterocycles. The van der Waals surface area contributed by atoms with Crippen molar-refractivity contribution in [2.24, 2.45) is 0 Å². The molecule has 0 aliphatic rings. The lowest BCUT2D eigenvalue weighted by Crippen LogP contribution is -1.89. The number of hydrogen-bond acceptors (Lipinski definition) is 1. The van der Waals surface area contributed by atoms with Crippen LogP contribution >= 0.6 is 0 Å². The summed E-state index contributed by atoms with van der Waals surface area (Å²) in [5.74, 6) is -0.778. The number of halogens is 2. The maximum atomic E-state index is 13.1. The van der Waals surface area contributed by atoms with Gasteiger partial charge in [-0.2, -0.15) is 4.39 Å². The van der Waals surface area contributed by atoms with Gasteiger partial charge in [-0.05, 0) is 47.5 Å². The van der Waals surface area contributed by atoms with Crippen molar-refractivity contribution < 1.29 is 8.78 Å². The van der Waals surface area contributed by atoms with Crippen molar-refractivity contribution in [2.75, 3.05) is 0 Å². The van der Waals surface area contributed by atoms with Crippen LogP contribution in [0, 0.1) is 11.8 Å². The molecule has 3 aromatic rings. The van der Waals surface area contributed by atoms with E-state index in [9.17, 15) is 8.78 Å². The van der Waals surface area contributed by atoms with E-state index >= 15 is 0 Å². The molecule has 3 rings (SSSR count). The number of rotatable bonds is 2. The predicted octanol–water partition coefficient (Wildman–Crippen LogP) is 3.82. The van der Waals surface area contributed by atoms with Crippen molar-refractivity contribution in [3.63, 3.8) is 0 Å².